The van der Waals surface area contributed by atoms with Crippen molar-refractivity contribution in [3.8, 4) is 0 Å². The number of benzene rings is 1. The summed E-state index contributed by atoms with van der Waals surface area (Å²) in [5, 5.41) is 11.6. The molecule has 0 heterocycles. The van der Waals surface area contributed by atoms with Crippen molar-refractivity contribution in [2.24, 2.45) is 5.73 Å². The Morgan fingerprint density at radius 2 is 1.83 bits per heavy atom. The molecule has 0 aliphatic carbocycles. The zero-order valence-electron chi connectivity index (χ0n) is 10.5. The summed E-state index contributed by atoms with van der Waals surface area (Å²) in [6.45, 7) is 3.96. The summed E-state index contributed by atoms with van der Waals surface area (Å²) in [5.41, 5.74) is 6.50. The third kappa shape index (κ3) is 3.85. The van der Waals surface area contributed by atoms with Gasteiger partial charge in [0.25, 0.3) is 5.91 Å². The number of rotatable bonds is 5. The number of amides is 2. The van der Waals surface area contributed by atoms with E-state index in [-0.39, 0.29) is 12.5 Å². The Kier molecular flexibility index (Phi) is 4.85. The first kappa shape index (κ1) is 14.2. The van der Waals surface area contributed by atoms with Crippen molar-refractivity contribution >= 4 is 11.8 Å². The van der Waals surface area contributed by atoms with E-state index in [0.29, 0.717) is 11.5 Å². The average molecular weight is 250 g/mol. The van der Waals surface area contributed by atoms with Gasteiger partial charge in [-0.15, -0.1) is 0 Å². The normalized spacial score (nSPS) is 12.2. The van der Waals surface area contributed by atoms with Crippen LogP contribution in [0, 0.1) is 0 Å². The molecule has 4 N–H and O–H groups in total. The molecule has 0 aliphatic rings. The van der Waals surface area contributed by atoms with E-state index in [4.69, 9.17) is 10.8 Å². The number of primary amides is 1. The van der Waals surface area contributed by atoms with E-state index in [2.05, 4.69) is 19.2 Å². The zero-order chi connectivity index (χ0) is 13.7. The quantitative estimate of drug-likeness (QED) is 0.705. The van der Waals surface area contributed by atoms with Gasteiger partial charge in [-0.05, 0) is 23.6 Å². The molecule has 5 nitrogen and oxygen atoms in total. The van der Waals surface area contributed by atoms with Gasteiger partial charge in [0, 0.05) is 5.56 Å². The highest BCUT2D eigenvalue weighted by Gasteiger charge is 2.13. The number of aliphatic hydroxyl groups is 1. The molecule has 1 rings (SSSR count). The Bertz CT molecular complexity index is 426. The largest absolute Gasteiger partial charge is 0.381 e. The second-order valence-corrected chi connectivity index (χ2v) is 4.40. The molecule has 2 amide bonds. The summed E-state index contributed by atoms with van der Waals surface area (Å²) >= 11 is 0. The molecular formula is C13H18N2O3. The van der Waals surface area contributed by atoms with Crippen LogP contribution in [-0.2, 0) is 4.79 Å². The maximum absolute atomic E-state index is 11.7. The number of hydrogen-bond acceptors (Lipinski definition) is 3. The Hall–Kier alpha value is -1.88. The second-order valence-electron chi connectivity index (χ2n) is 4.40. The highest BCUT2D eigenvalue weighted by atomic mass is 16.3. The summed E-state index contributed by atoms with van der Waals surface area (Å²) in [7, 11) is 0. The van der Waals surface area contributed by atoms with Crippen molar-refractivity contribution < 1.29 is 14.7 Å². The first-order valence-corrected chi connectivity index (χ1v) is 5.77. The number of nitrogens with two attached hydrogens (primary N) is 1. The lowest BCUT2D eigenvalue weighted by molar-refractivity contribution is -0.125. The van der Waals surface area contributed by atoms with E-state index in [0.717, 1.165) is 5.56 Å². The Labute approximate surface area is 106 Å². The molecule has 0 bridgehead atoms. The van der Waals surface area contributed by atoms with E-state index in [1.54, 1.807) is 12.1 Å². The molecule has 18 heavy (non-hydrogen) atoms. The van der Waals surface area contributed by atoms with Crippen molar-refractivity contribution in [3.63, 3.8) is 0 Å². The van der Waals surface area contributed by atoms with Crippen LogP contribution in [0.5, 0.6) is 0 Å². The average Bonchev–Trinajstić information content (AvgIpc) is 2.35. The number of hydrogen-bond donors (Lipinski definition) is 3. The van der Waals surface area contributed by atoms with Crippen molar-refractivity contribution in [2.45, 2.75) is 25.9 Å². The summed E-state index contributed by atoms with van der Waals surface area (Å²) in [6, 6.07) is 7.18. The van der Waals surface area contributed by atoms with Crippen LogP contribution < -0.4 is 11.1 Å². The van der Waals surface area contributed by atoms with E-state index in [1.807, 2.05) is 12.1 Å². The van der Waals surface area contributed by atoms with E-state index >= 15 is 0 Å². The molecular weight excluding hydrogens is 232 g/mol. The maximum atomic E-state index is 11.7. The Morgan fingerprint density at radius 3 is 2.28 bits per heavy atom. The van der Waals surface area contributed by atoms with Crippen LogP contribution in [0.4, 0.5) is 0 Å². The van der Waals surface area contributed by atoms with Crippen LogP contribution in [0.3, 0.4) is 0 Å². The molecule has 0 fully saturated rings. The molecule has 0 spiro atoms. The highest BCUT2D eigenvalue weighted by Crippen LogP contribution is 2.14. The lowest BCUT2D eigenvalue weighted by atomic mass is 10.0. The molecule has 1 aromatic carbocycles. The third-order valence-electron chi connectivity index (χ3n) is 2.62. The number of aliphatic hydroxyl groups excluding tert-OH is 1. The van der Waals surface area contributed by atoms with Crippen molar-refractivity contribution in [3.05, 3.63) is 35.4 Å². The van der Waals surface area contributed by atoms with Gasteiger partial charge in [-0.3, -0.25) is 9.59 Å². The zero-order valence-corrected chi connectivity index (χ0v) is 10.5. The lowest BCUT2D eigenvalue weighted by Crippen LogP contribution is -2.39. The molecule has 5 heteroatoms. The van der Waals surface area contributed by atoms with Crippen LogP contribution in [0.25, 0.3) is 0 Å². The van der Waals surface area contributed by atoms with Crippen LogP contribution >= 0.6 is 0 Å². The van der Waals surface area contributed by atoms with Gasteiger partial charge in [-0.1, -0.05) is 26.0 Å². The summed E-state index contributed by atoms with van der Waals surface area (Å²) < 4.78 is 0. The van der Waals surface area contributed by atoms with Gasteiger partial charge in [0.2, 0.25) is 5.91 Å². The minimum atomic E-state index is -1.36. The smallest absolute Gasteiger partial charge is 0.251 e. The molecule has 1 aromatic rings. The van der Waals surface area contributed by atoms with Crippen LogP contribution in [0.2, 0.25) is 0 Å². The predicted octanol–water partition coefficient (Wildman–Crippen LogP) is 0.386. The van der Waals surface area contributed by atoms with E-state index < -0.39 is 12.0 Å². The molecule has 0 saturated heterocycles. The minimum Gasteiger partial charge on any atom is -0.381 e. The van der Waals surface area contributed by atoms with Crippen LogP contribution in [-0.4, -0.2) is 29.6 Å². The summed E-state index contributed by atoms with van der Waals surface area (Å²) in [4.78, 5) is 22.3. The first-order valence-electron chi connectivity index (χ1n) is 5.77. The first-order chi connectivity index (χ1) is 8.41. The van der Waals surface area contributed by atoms with Crippen molar-refractivity contribution in [1.82, 2.24) is 5.32 Å². The van der Waals surface area contributed by atoms with Gasteiger partial charge in [0.1, 0.15) is 6.10 Å². The summed E-state index contributed by atoms with van der Waals surface area (Å²) in [6.07, 6.45) is -1.36. The highest BCUT2D eigenvalue weighted by molar-refractivity contribution is 5.94. The fraction of sp³-hybridized carbons (Fsp3) is 0.385. The SMILES string of the molecule is CC(C)c1ccc(C(=O)NCC(O)C(N)=O)cc1. The molecule has 1 atom stereocenters. The van der Waals surface area contributed by atoms with Gasteiger partial charge < -0.3 is 16.2 Å². The van der Waals surface area contributed by atoms with Gasteiger partial charge in [-0.2, -0.15) is 0 Å². The standard InChI is InChI=1S/C13H18N2O3/c1-8(2)9-3-5-10(6-4-9)13(18)15-7-11(16)12(14)17/h3-6,8,11,16H,7H2,1-2H3,(H2,14,17)(H,15,18). The molecule has 0 aliphatic heterocycles. The van der Waals surface area contributed by atoms with Crippen molar-refractivity contribution in [2.75, 3.05) is 6.54 Å². The fourth-order valence-corrected chi connectivity index (χ4v) is 1.41. The molecule has 0 saturated carbocycles. The van der Waals surface area contributed by atoms with Gasteiger partial charge in [0.05, 0.1) is 6.54 Å². The minimum absolute atomic E-state index is 0.180. The third-order valence-corrected chi connectivity index (χ3v) is 2.62. The topological polar surface area (TPSA) is 92.4 Å². The molecule has 98 valence electrons. The Morgan fingerprint density at radius 1 is 1.28 bits per heavy atom. The van der Waals surface area contributed by atoms with Gasteiger partial charge in [0.15, 0.2) is 0 Å². The fourth-order valence-electron chi connectivity index (χ4n) is 1.41. The van der Waals surface area contributed by atoms with Crippen LogP contribution in [0.1, 0.15) is 35.7 Å². The van der Waals surface area contributed by atoms with Crippen LogP contribution in [0.15, 0.2) is 24.3 Å². The van der Waals surface area contributed by atoms with E-state index in [9.17, 15) is 9.59 Å². The van der Waals surface area contributed by atoms with Gasteiger partial charge in [-0.25, -0.2) is 0 Å². The molecule has 0 radical (unpaired) electrons. The summed E-state index contributed by atoms with van der Waals surface area (Å²) in [5.74, 6) is -0.796. The number of carbonyl (C=O) groups excluding carboxylic acids is 2. The molecule has 1 unspecified atom stereocenters. The van der Waals surface area contributed by atoms with E-state index in [1.165, 1.54) is 0 Å². The maximum Gasteiger partial charge on any atom is 0.251 e. The van der Waals surface area contributed by atoms with Crippen molar-refractivity contribution in [1.29, 1.82) is 0 Å². The Balaban J connectivity index is 2.59. The monoisotopic (exact) mass is 250 g/mol. The number of nitrogens with one attached hydrogen (secondary N) is 1. The second kappa shape index (κ2) is 6.16. The van der Waals surface area contributed by atoms with Gasteiger partial charge >= 0.3 is 0 Å². The lowest BCUT2D eigenvalue weighted by Gasteiger charge is -2.09. The molecule has 0 aromatic heterocycles. The number of carbonyl (C=O) groups is 2. The predicted molar refractivity (Wildman–Crippen MR) is 68.1 cm³/mol.